The molecule has 0 heterocycles. The topological polar surface area (TPSA) is 64.1 Å². The number of nitrogens with two attached hydrogens (primary N) is 2. The lowest BCUT2D eigenvalue weighted by Crippen LogP contribution is -2.06. The van der Waals surface area contributed by atoms with Gasteiger partial charge in [-0.15, -0.1) is 12.6 Å². The largest absolute Gasteiger partial charge is 0.399 e. The van der Waals surface area contributed by atoms with E-state index < -0.39 is 0 Å². The first-order valence-electron chi connectivity index (χ1n) is 2.78. The molecule has 0 aromatic heterocycles. The molecule has 0 aliphatic heterocycles. The molecule has 0 fully saturated rings. The average Bonchev–Trinajstić information content (AvgIpc) is 1.85. The Bertz CT molecular complexity index is 216. The molecule has 1 aromatic carbocycles. The molecule has 0 spiro atoms. The van der Waals surface area contributed by atoms with Crippen LogP contribution in [-0.2, 0) is 0 Å². The smallest absolute Gasteiger partial charge is 0.0516 e. The van der Waals surface area contributed by atoms with E-state index in [9.17, 15) is 0 Å². The second-order valence-electron chi connectivity index (χ2n) is 1.96. The van der Waals surface area contributed by atoms with Gasteiger partial charge >= 0.3 is 0 Å². The molecule has 1 rings (SSSR count). The van der Waals surface area contributed by atoms with Crippen molar-refractivity contribution in [3.05, 3.63) is 18.2 Å². The van der Waals surface area contributed by atoms with Gasteiger partial charge in [0.1, 0.15) is 0 Å². The number of hydrogen-bond acceptors (Lipinski definition) is 4. The summed E-state index contributed by atoms with van der Waals surface area (Å²) in [5, 5.41) is 0. The number of benzene rings is 1. The maximum atomic E-state index is 5.49. The number of thiol groups is 1. The van der Waals surface area contributed by atoms with Gasteiger partial charge in [0.15, 0.2) is 0 Å². The number of rotatable bonds is 1. The summed E-state index contributed by atoms with van der Waals surface area (Å²) < 4.78 is 0. The van der Waals surface area contributed by atoms with E-state index in [1.54, 1.807) is 18.2 Å². The fourth-order valence-corrected chi connectivity index (χ4v) is 1.01. The maximum Gasteiger partial charge on any atom is 0.0516 e. The maximum absolute atomic E-state index is 5.49. The Morgan fingerprint density at radius 3 is 2.50 bits per heavy atom. The number of nitrogen functional groups attached to an aromatic ring is 2. The lowest BCUT2D eigenvalue weighted by atomic mass is 10.3. The van der Waals surface area contributed by atoms with Crippen LogP contribution in [0.15, 0.2) is 23.1 Å². The van der Waals surface area contributed by atoms with Gasteiger partial charge in [0.25, 0.3) is 0 Å². The molecule has 0 aliphatic rings. The van der Waals surface area contributed by atoms with Crippen molar-refractivity contribution in [3.8, 4) is 0 Å². The van der Waals surface area contributed by atoms with Gasteiger partial charge in [0.05, 0.1) is 5.69 Å². The van der Waals surface area contributed by atoms with Gasteiger partial charge in [-0.3, -0.25) is 5.84 Å². The minimum Gasteiger partial charge on any atom is -0.399 e. The summed E-state index contributed by atoms with van der Waals surface area (Å²) in [5.74, 6) is 5.15. The van der Waals surface area contributed by atoms with Gasteiger partial charge in [0, 0.05) is 10.6 Å². The highest BCUT2D eigenvalue weighted by atomic mass is 32.1. The number of hydrogen-bond donors (Lipinski definition) is 4. The van der Waals surface area contributed by atoms with Gasteiger partial charge in [-0.1, -0.05) is 0 Å². The molecule has 0 atom stereocenters. The van der Waals surface area contributed by atoms with Crippen molar-refractivity contribution in [2.75, 3.05) is 11.2 Å². The molecule has 1 aromatic rings. The predicted molar refractivity (Wildman–Crippen MR) is 45.9 cm³/mol. The van der Waals surface area contributed by atoms with Crippen LogP contribution in [0.2, 0.25) is 0 Å². The monoisotopic (exact) mass is 155 g/mol. The zero-order valence-corrected chi connectivity index (χ0v) is 6.23. The first-order valence-corrected chi connectivity index (χ1v) is 3.23. The van der Waals surface area contributed by atoms with Gasteiger partial charge < -0.3 is 11.2 Å². The van der Waals surface area contributed by atoms with E-state index >= 15 is 0 Å². The molecule has 0 radical (unpaired) electrons. The second kappa shape index (κ2) is 2.81. The van der Waals surface area contributed by atoms with Gasteiger partial charge in [-0.2, -0.15) is 0 Å². The van der Waals surface area contributed by atoms with E-state index in [1.165, 1.54) is 0 Å². The molecule has 0 saturated carbocycles. The summed E-state index contributed by atoms with van der Waals surface area (Å²) in [4.78, 5) is 0.799. The van der Waals surface area contributed by atoms with Crippen molar-refractivity contribution in [3.63, 3.8) is 0 Å². The minimum absolute atomic E-state index is 0.653. The Hall–Kier alpha value is -0.870. The van der Waals surface area contributed by atoms with Crippen LogP contribution < -0.4 is 17.0 Å². The second-order valence-corrected chi connectivity index (χ2v) is 2.47. The fraction of sp³-hybridized carbons (Fsp3) is 0. The summed E-state index contributed by atoms with van der Waals surface area (Å²) >= 11 is 4.10. The van der Waals surface area contributed by atoms with E-state index in [4.69, 9.17) is 11.6 Å². The first kappa shape index (κ1) is 7.24. The predicted octanol–water partition coefficient (Wildman–Crippen LogP) is 0.843. The van der Waals surface area contributed by atoms with Crippen molar-refractivity contribution in [1.82, 2.24) is 0 Å². The standard InChI is InChI=1S/C6H9N3S/c7-4-1-5(9-8)3-6(10)2-4/h1-3,9-10H,7-8H2. The molecule has 0 amide bonds. The SMILES string of the molecule is NNc1cc(N)cc(S)c1. The summed E-state index contributed by atoms with van der Waals surface area (Å²) in [6.07, 6.45) is 0. The normalized spacial score (nSPS) is 9.40. The Morgan fingerprint density at radius 1 is 1.30 bits per heavy atom. The van der Waals surface area contributed by atoms with Crippen LogP contribution in [0.3, 0.4) is 0 Å². The molecular weight excluding hydrogens is 146 g/mol. The van der Waals surface area contributed by atoms with Crippen LogP contribution in [0.1, 0.15) is 0 Å². The summed E-state index contributed by atoms with van der Waals surface area (Å²) in [6, 6.07) is 5.28. The van der Waals surface area contributed by atoms with E-state index in [1.807, 2.05) is 0 Å². The molecule has 5 N–H and O–H groups in total. The molecule has 0 aliphatic carbocycles. The van der Waals surface area contributed by atoms with Crippen molar-refractivity contribution >= 4 is 24.0 Å². The molecular formula is C6H9N3S. The van der Waals surface area contributed by atoms with Crippen LogP contribution >= 0.6 is 12.6 Å². The van der Waals surface area contributed by atoms with Crippen LogP contribution in [0, 0.1) is 0 Å². The number of nitrogens with one attached hydrogen (secondary N) is 1. The minimum atomic E-state index is 0.653. The highest BCUT2D eigenvalue weighted by molar-refractivity contribution is 7.80. The molecule has 10 heavy (non-hydrogen) atoms. The van der Waals surface area contributed by atoms with Crippen LogP contribution in [0.25, 0.3) is 0 Å². The van der Waals surface area contributed by atoms with E-state index in [0.29, 0.717) is 5.69 Å². The van der Waals surface area contributed by atoms with Crippen molar-refractivity contribution in [1.29, 1.82) is 0 Å². The van der Waals surface area contributed by atoms with Crippen molar-refractivity contribution < 1.29 is 0 Å². The van der Waals surface area contributed by atoms with Crippen molar-refractivity contribution in [2.24, 2.45) is 5.84 Å². The van der Waals surface area contributed by atoms with E-state index in [2.05, 4.69) is 18.1 Å². The van der Waals surface area contributed by atoms with Crippen LogP contribution in [0.4, 0.5) is 11.4 Å². The summed E-state index contributed by atoms with van der Waals surface area (Å²) in [5.41, 5.74) is 9.39. The van der Waals surface area contributed by atoms with Crippen LogP contribution in [-0.4, -0.2) is 0 Å². The molecule has 54 valence electrons. The highest BCUT2D eigenvalue weighted by Gasteiger charge is 1.92. The molecule has 0 saturated heterocycles. The summed E-state index contributed by atoms with van der Waals surface area (Å²) in [6.45, 7) is 0. The fourth-order valence-electron chi connectivity index (χ4n) is 0.718. The third-order valence-electron chi connectivity index (χ3n) is 1.11. The van der Waals surface area contributed by atoms with Crippen molar-refractivity contribution in [2.45, 2.75) is 4.90 Å². The lowest BCUT2D eigenvalue weighted by Gasteiger charge is -2.01. The van der Waals surface area contributed by atoms with Crippen LogP contribution in [0.5, 0.6) is 0 Å². The zero-order chi connectivity index (χ0) is 7.56. The molecule has 4 heteroatoms. The van der Waals surface area contributed by atoms with Gasteiger partial charge in [-0.25, -0.2) is 0 Å². The van der Waals surface area contributed by atoms with E-state index in [-0.39, 0.29) is 0 Å². The van der Waals surface area contributed by atoms with E-state index in [0.717, 1.165) is 10.6 Å². The third kappa shape index (κ3) is 1.55. The highest BCUT2D eigenvalue weighted by Crippen LogP contribution is 2.17. The lowest BCUT2D eigenvalue weighted by molar-refractivity contribution is 1.33. The zero-order valence-electron chi connectivity index (χ0n) is 5.33. The number of anilines is 2. The Balaban J connectivity index is 3.06. The third-order valence-corrected chi connectivity index (χ3v) is 1.36. The average molecular weight is 155 g/mol. The quantitative estimate of drug-likeness (QED) is 0.210. The Morgan fingerprint density at radius 2 is 2.00 bits per heavy atom. The molecule has 0 bridgehead atoms. The summed E-state index contributed by atoms with van der Waals surface area (Å²) in [7, 11) is 0. The number of hydrazine groups is 1. The Labute approximate surface area is 64.8 Å². The first-order chi connectivity index (χ1) is 4.72. The molecule has 0 unspecified atom stereocenters. The molecule has 3 nitrogen and oxygen atoms in total. The van der Waals surface area contributed by atoms with Gasteiger partial charge in [0.2, 0.25) is 0 Å². The van der Waals surface area contributed by atoms with Gasteiger partial charge in [-0.05, 0) is 18.2 Å². The Kier molecular flexibility index (Phi) is 2.03.